The summed E-state index contributed by atoms with van der Waals surface area (Å²) in [6.45, 7) is 8.57. The van der Waals surface area contributed by atoms with Crippen LogP contribution in [0.15, 0.2) is 0 Å². The van der Waals surface area contributed by atoms with Gasteiger partial charge in [0.05, 0.1) is 0 Å². The summed E-state index contributed by atoms with van der Waals surface area (Å²) in [7, 11) is 0. The molecule has 0 aromatic rings. The fourth-order valence-electron chi connectivity index (χ4n) is 1.42. The lowest BCUT2D eigenvalue weighted by molar-refractivity contribution is 0.763. The number of hydrogen-bond donors (Lipinski definition) is 0. The third-order valence-corrected chi connectivity index (χ3v) is 3.45. The predicted octanol–water partition coefficient (Wildman–Crippen LogP) is 4.53. The van der Waals surface area contributed by atoms with E-state index in [1.165, 1.54) is 0 Å². The smallest absolute Gasteiger partial charge is 0.0318 e. The maximum absolute atomic E-state index is 5.92. The van der Waals surface area contributed by atoms with Gasteiger partial charge in [-0.1, -0.05) is 13.8 Å². The molecule has 0 N–H and O–H groups in total. The molecule has 4 unspecified atom stereocenters. The Morgan fingerprint density at radius 1 is 0.846 bits per heavy atom. The molecule has 0 heterocycles. The summed E-state index contributed by atoms with van der Waals surface area (Å²) in [5.41, 5.74) is 0. The van der Waals surface area contributed by atoms with Crippen molar-refractivity contribution in [3.63, 3.8) is 0 Å². The van der Waals surface area contributed by atoms with E-state index >= 15 is 0 Å². The molecule has 0 saturated heterocycles. The second-order valence-electron chi connectivity index (χ2n) is 3.79. The summed E-state index contributed by atoms with van der Waals surface area (Å²) < 4.78 is 0. The van der Waals surface area contributed by atoms with Crippen LogP contribution in [-0.2, 0) is 0 Å². The monoisotopic (exact) mass is 242 g/mol. The molecule has 13 heavy (non-hydrogen) atoms. The lowest BCUT2D eigenvalue weighted by Gasteiger charge is -2.18. The van der Waals surface area contributed by atoms with Gasteiger partial charge in [-0.15, -0.1) is 23.2 Å². The lowest BCUT2D eigenvalue weighted by atomic mass is 10.2. The zero-order valence-corrected chi connectivity index (χ0v) is 11.2. The summed E-state index contributed by atoms with van der Waals surface area (Å²) in [6.07, 6.45) is 2.15. The van der Waals surface area contributed by atoms with E-state index in [9.17, 15) is 0 Å². The van der Waals surface area contributed by atoms with Crippen molar-refractivity contribution in [2.45, 2.75) is 61.8 Å². The van der Waals surface area contributed by atoms with Crippen LogP contribution in [0.1, 0.15) is 40.5 Å². The van der Waals surface area contributed by atoms with Crippen LogP contribution in [0.4, 0.5) is 0 Å². The molecule has 0 fully saturated rings. The van der Waals surface area contributed by atoms with Crippen LogP contribution in [0.25, 0.3) is 0 Å². The minimum atomic E-state index is 0.281. The van der Waals surface area contributed by atoms with Crippen molar-refractivity contribution in [2.75, 3.05) is 0 Å². The molecule has 0 aliphatic heterocycles. The average molecular weight is 243 g/mol. The molecule has 0 aliphatic rings. The van der Waals surface area contributed by atoms with Gasteiger partial charge >= 0.3 is 0 Å². The van der Waals surface area contributed by atoms with Gasteiger partial charge in [-0.3, -0.25) is 0 Å². The van der Waals surface area contributed by atoms with Crippen molar-refractivity contribution in [2.24, 2.45) is 0 Å². The van der Waals surface area contributed by atoms with Crippen LogP contribution in [-0.4, -0.2) is 21.3 Å². The van der Waals surface area contributed by atoms with E-state index in [1.54, 1.807) is 0 Å². The van der Waals surface area contributed by atoms with E-state index in [4.69, 9.17) is 23.2 Å². The average Bonchev–Trinajstić information content (AvgIpc) is 1.80. The number of rotatable bonds is 6. The molecule has 3 heteroatoms. The van der Waals surface area contributed by atoms with Gasteiger partial charge < -0.3 is 0 Å². The summed E-state index contributed by atoms with van der Waals surface area (Å²) in [5.74, 6) is 0. The molecular formula is C10H20Cl2S. The van der Waals surface area contributed by atoms with E-state index in [0.717, 1.165) is 12.8 Å². The van der Waals surface area contributed by atoms with Crippen LogP contribution in [0, 0.1) is 0 Å². The molecule has 0 nitrogen and oxygen atoms in total. The second kappa shape index (κ2) is 7.25. The lowest BCUT2D eigenvalue weighted by Crippen LogP contribution is -2.11. The summed E-state index contributed by atoms with van der Waals surface area (Å²) in [5, 5.41) is 1.84. The van der Waals surface area contributed by atoms with Gasteiger partial charge in [0, 0.05) is 21.3 Å². The van der Waals surface area contributed by atoms with Gasteiger partial charge in [0.15, 0.2) is 0 Å². The first kappa shape index (κ1) is 13.9. The number of alkyl halides is 2. The Hall–Kier alpha value is 0.930. The summed E-state index contributed by atoms with van der Waals surface area (Å²) in [4.78, 5) is 0. The molecule has 0 bridgehead atoms. The van der Waals surface area contributed by atoms with Crippen molar-refractivity contribution in [3.8, 4) is 0 Å². The zero-order chi connectivity index (χ0) is 10.4. The second-order valence-corrected chi connectivity index (χ2v) is 7.16. The van der Waals surface area contributed by atoms with Crippen molar-refractivity contribution in [1.82, 2.24) is 0 Å². The molecule has 0 aromatic heterocycles. The molecule has 0 rings (SSSR count). The largest absolute Gasteiger partial charge is 0.156 e. The Bertz CT molecular complexity index is 112. The maximum Gasteiger partial charge on any atom is 0.0318 e. The van der Waals surface area contributed by atoms with E-state index in [2.05, 4.69) is 13.8 Å². The first-order valence-corrected chi connectivity index (χ1v) is 6.67. The van der Waals surface area contributed by atoms with Gasteiger partial charge in [0.1, 0.15) is 0 Å². The number of thioether (sulfide) groups is 1. The van der Waals surface area contributed by atoms with Crippen molar-refractivity contribution in [3.05, 3.63) is 0 Å². The molecule has 80 valence electrons. The first-order chi connectivity index (χ1) is 5.91. The fourth-order valence-corrected chi connectivity index (χ4v) is 3.76. The van der Waals surface area contributed by atoms with Gasteiger partial charge in [-0.05, 0) is 26.7 Å². The predicted molar refractivity (Wildman–Crippen MR) is 66.4 cm³/mol. The Labute approximate surface area is 96.8 Å². The third-order valence-electron chi connectivity index (χ3n) is 1.78. The molecule has 0 spiro atoms. The normalized spacial score (nSPS) is 20.8. The Morgan fingerprint density at radius 2 is 1.15 bits per heavy atom. The molecule has 4 atom stereocenters. The molecule has 0 radical (unpaired) electrons. The van der Waals surface area contributed by atoms with Crippen LogP contribution in [0.2, 0.25) is 0 Å². The van der Waals surface area contributed by atoms with Crippen LogP contribution < -0.4 is 0 Å². The van der Waals surface area contributed by atoms with Crippen molar-refractivity contribution in [1.29, 1.82) is 0 Å². The highest BCUT2D eigenvalue weighted by Gasteiger charge is 2.13. The fraction of sp³-hybridized carbons (Fsp3) is 1.00. The van der Waals surface area contributed by atoms with Gasteiger partial charge in [0.25, 0.3) is 0 Å². The Balaban J connectivity index is 3.58. The topological polar surface area (TPSA) is 0 Å². The highest BCUT2D eigenvalue weighted by molar-refractivity contribution is 8.00. The van der Waals surface area contributed by atoms with Crippen molar-refractivity contribution < 1.29 is 0 Å². The van der Waals surface area contributed by atoms with E-state index in [-0.39, 0.29) is 10.8 Å². The maximum atomic E-state index is 5.92. The zero-order valence-electron chi connectivity index (χ0n) is 8.89. The van der Waals surface area contributed by atoms with E-state index in [1.807, 2.05) is 25.6 Å². The van der Waals surface area contributed by atoms with Gasteiger partial charge in [-0.2, -0.15) is 11.8 Å². The van der Waals surface area contributed by atoms with Crippen molar-refractivity contribution >= 4 is 35.0 Å². The Kier molecular flexibility index (Phi) is 7.77. The third kappa shape index (κ3) is 9.24. The minimum Gasteiger partial charge on any atom is -0.156 e. The molecule has 0 aromatic carbocycles. The molecule has 0 aliphatic carbocycles. The van der Waals surface area contributed by atoms with Crippen LogP contribution in [0.5, 0.6) is 0 Å². The van der Waals surface area contributed by atoms with Crippen LogP contribution in [0.3, 0.4) is 0 Å². The number of halogens is 2. The SMILES string of the molecule is CC(Cl)CC(C)SC(C)CC(C)Cl. The summed E-state index contributed by atoms with van der Waals surface area (Å²) >= 11 is 13.8. The standard InChI is InChI=1S/C10H20Cl2S/c1-7(11)5-9(3)13-10(4)6-8(2)12/h7-10H,5-6H2,1-4H3. The highest BCUT2D eigenvalue weighted by Crippen LogP contribution is 2.26. The van der Waals surface area contributed by atoms with Gasteiger partial charge in [-0.25, -0.2) is 0 Å². The Morgan fingerprint density at radius 3 is 1.38 bits per heavy atom. The first-order valence-electron chi connectivity index (χ1n) is 4.85. The van der Waals surface area contributed by atoms with Gasteiger partial charge in [0.2, 0.25) is 0 Å². The summed E-state index contributed by atoms with van der Waals surface area (Å²) in [6, 6.07) is 0. The quantitative estimate of drug-likeness (QED) is 0.617. The van der Waals surface area contributed by atoms with E-state index in [0.29, 0.717) is 10.5 Å². The molecular weight excluding hydrogens is 223 g/mol. The molecule has 0 saturated carbocycles. The van der Waals surface area contributed by atoms with Crippen LogP contribution >= 0.6 is 35.0 Å². The highest BCUT2D eigenvalue weighted by atomic mass is 35.5. The molecule has 0 amide bonds. The minimum absolute atomic E-state index is 0.281. The van der Waals surface area contributed by atoms with E-state index < -0.39 is 0 Å². The number of hydrogen-bond acceptors (Lipinski definition) is 1.